The second-order valence-electron chi connectivity index (χ2n) is 9.19. The van der Waals surface area contributed by atoms with Gasteiger partial charge in [-0.1, -0.05) is 37.3 Å². The summed E-state index contributed by atoms with van der Waals surface area (Å²) in [6, 6.07) is 14.6. The summed E-state index contributed by atoms with van der Waals surface area (Å²) in [5.74, 6) is -2.16. The van der Waals surface area contributed by atoms with Gasteiger partial charge >= 0.3 is 0 Å². The quantitative estimate of drug-likeness (QED) is 0.260. The minimum absolute atomic E-state index is 0.0130. The third kappa shape index (κ3) is 5.88. The summed E-state index contributed by atoms with van der Waals surface area (Å²) in [7, 11) is -7.71. The first kappa shape index (κ1) is 28.1. The summed E-state index contributed by atoms with van der Waals surface area (Å²) < 4.78 is 59.0. The van der Waals surface area contributed by atoms with Crippen LogP contribution in [0.4, 0.5) is 0 Å². The smallest absolute Gasteiger partial charge is 0.268 e. The average Bonchev–Trinajstić information content (AvgIpc) is 3.52. The summed E-state index contributed by atoms with van der Waals surface area (Å²) in [5, 5.41) is 2.62. The van der Waals surface area contributed by atoms with E-state index in [1.807, 2.05) is 0 Å². The number of hydrogen-bond acceptors (Lipinski definition) is 10. The van der Waals surface area contributed by atoms with Gasteiger partial charge in [0.1, 0.15) is 11.9 Å². The van der Waals surface area contributed by atoms with Crippen molar-refractivity contribution >= 4 is 48.6 Å². The molecule has 212 valence electrons. The zero-order valence-corrected chi connectivity index (χ0v) is 23.4. The van der Waals surface area contributed by atoms with E-state index in [0.717, 1.165) is 0 Å². The molecule has 5 rings (SSSR count). The number of hydrogen-bond donors (Lipinski definition) is 2. The van der Waals surface area contributed by atoms with Gasteiger partial charge in [0.25, 0.3) is 15.9 Å². The highest BCUT2D eigenvalue weighted by atomic mass is 32.2. The predicted octanol–water partition coefficient (Wildman–Crippen LogP) is 2.27. The topological polar surface area (TPSA) is 178 Å². The molecule has 0 saturated carbocycles. The standard InChI is InChI=1S/C27H25N5O7S2/c1-2-19(23(33)27-31-25-21(39-27)12-8-15-28-25)30-26(34)20(14-16-40(35,36)17-9-4-3-5-10-17)29-24-18-11-6-7-13-22(18)41(37,38)32-24/h3-13,15,19-20H,2,14,16H2,1H3,(H,29,32)(H,30,34)/t19-,20-/m0/s1. The van der Waals surface area contributed by atoms with Gasteiger partial charge in [-0.3, -0.25) is 19.3 Å². The number of carbonyl (C=O) groups excluding carboxylic acids is 2. The molecule has 3 heterocycles. The van der Waals surface area contributed by atoms with Crippen LogP contribution in [0.15, 0.2) is 92.1 Å². The maximum absolute atomic E-state index is 13.5. The number of sulfonamides is 1. The number of rotatable bonds is 10. The number of sulfone groups is 1. The second-order valence-corrected chi connectivity index (χ2v) is 13.0. The molecule has 1 aliphatic heterocycles. The number of carbonyl (C=O) groups is 2. The largest absolute Gasteiger partial charge is 0.432 e. The molecule has 2 N–H and O–H groups in total. The first-order valence-corrected chi connectivity index (χ1v) is 15.8. The minimum atomic E-state index is -3.91. The van der Waals surface area contributed by atoms with Crippen molar-refractivity contribution in [2.24, 2.45) is 4.99 Å². The number of aliphatic imine (C=N–C) groups is 1. The van der Waals surface area contributed by atoms with E-state index in [0.29, 0.717) is 5.58 Å². The number of nitrogens with zero attached hydrogens (tertiary/aromatic N) is 3. The number of pyridine rings is 1. The summed E-state index contributed by atoms with van der Waals surface area (Å²) >= 11 is 0. The van der Waals surface area contributed by atoms with Gasteiger partial charge in [0.2, 0.25) is 11.7 Å². The van der Waals surface area contributed by atoms with Gasteiger partial charge in [-0.05, 0) is 49.2 Å². The molecule has 1 aliphatic rings. The molecule has 2 aromatic heterocycles. The zero-order valence-electron chi connectivity index (χ0n) is 21.7. The lowest BCUT2D eigenvalue weighted by atomic mass is 10.1. The number of oxazole rings is 1. The maximum Gasteiger partial charge on any atom is 0.268 e. The molecule has 1 amide bonds. The highest BCUT2D eigenvalue weighted by Gasteiger charge is 2.34. The van der Waals surface area contributed by atoms with Gasteiger partial charge in [0, 0.05) is 11.8 Å². The van der Waals surface area contributed by atoms with E-state index < -0.39 is 49.4 Å². The Hall–Kier alpha value is -4.43. The third-order valence-electron chi connectivity index (χ3n) is 6.43. The van der Waals surface area contributed by atoms with Crippen molar-refractivity contribution in [3.8, 4) is 0 Å². The highest BCUT2D eigenvalue weighted by Crippen LogP contribution is 2.24. The van der Waals surface area contributed by atoms with Gasteiger partial charge in [0.05, 0.1) is 21.6 Å². The van der Waals surface area contributed by atoms with Gasteiger partial charge in [0.15, 0.2) is 21.1 Å². The highest BCUT2D eigenvalue weighted by molar-refractivity contribution is 7.91. The molecule has 0 spiro atoms. The fourth-order valence-corrected chi connectivity index (χ4v) is 6.88. The van der Waals surface area contributed by atoms with Crippen LogP contribution in [0.2, 0.25) is 0 Å². The van der Waals surface area contributed by atoms with Gasteiger partial charge in [-0.15, -0.1) is 0 Å². The normalized spacial score (nSPS) is 16.6. The molecule has 4 aromatic rings. The van der Waals surface area contributed by atoms with Crippen LogP contribution >= 0.6 is 0 Å². The molecule has 2 atom stereocenters. The Kier molecular flexibility index (Phi) is 7.69. The Morgan fingerprint density at radius 2 is 1.78 bits per heavy atom. The van der Waals surface area contributed by atoms with Crippen LogP contribution in [0.5, 0.6) is 0 Å². The summed E-state index contributed by atoms with van der Waals surface area (Å²) in [4.78, 5) is 39.3. The van der Waals surface area contributed by atoms with Crippen LogP contribution in [-0.2, 0) is 24.7 Å². The molecule has 0 unspecified atom stereocenters. The predicted molar refractivity (Wildman–Crippen MR) is 149 cm³/mol. The van der Waals surface area contributed by atoms with Crippen molar-refractivity contribution < 1.29 is 30.8 Å². The zero-order chi connectivity index (χ0) is 29.2. The monoisotopic (exact) mass is 595 g/mol. The van der Waals surface area contributed by atoms with Crippen LogP contribution < -0.4 is 10.0 Å². The molecular formula is C27H25N5O7S2. The van der Waals surface area contributed by atoms with Crippen LogP contribution in [-0.4, -0.2) is 62.2 Å². The van der Waals surface area contributed by atoms with Crippen molar-refractivity contribution in [3.63, 3.8) is 0 Å². The number of amides is 1. The van der Waals surface area contributed by atoms with E-state index in [1.165, 1.54) is 30.5 Å². The third-order valence-corrected chi connectivity index (χ3v) is 9.59. The molecule has 41 heavy (non-hydrogen) atoms. The Balaban J connectivity index is 1.44. The van der Waals surface area contributed by atoms with E-state index in [1.54, 1.807) is 49.4 Å². The molecule has 0 saturated heterocycles. The lowest BCUT2D eigenvalue weighted by Crippen LogP contribution is -2.45. The van der Waals surface area contributed by atoms with E-state index >= 15 is 0 Å². The second kappa shape index (κ2) is 11.2. The lowest BCUT2D eigenvalue weighted by Gasteiger charge is -2.19. The summed E-state index contributed by atoms with van der Waals surface area (Å²) in [6.45, 7) is 1.67. The van der Waals surface area contributed by atoms with Crippen LogP contribution in [0.25, 0.3) is 11.2 Å². The molecule has 0 radical (unpaired) electrons. The molecule has 14 heteroatoms. The Morgan fingerprint density at radius 3 is 2.51 bits per heavy atom. The van der Waals surface area contributed by atoms with Crippen molar-refractivity contribution in [2.75, 3.05) is 5.75 Å². The summed E-state index contributed by atoms with van der Waals surface area (Å²) in [6.07, 6.45) is 1.38. The fourth-order valence-electron chi connectivity index (χ4n) is 4.30. The van der Waals surface area contributed by atoms with Crippen LogP contribution in [0.1, 0.15) is 36.0 Å². The Bertz CT molecular complexity index is 1840. The number of fused-ring (bicyclic) bond motifs is 2. The van der Waals surface area contributed by atoms with Crippen molar-refractivity contribution in [2.45, 2.75) is 41.6 Å². The van der Waals surface area contributed by atoms with Crippen LogP contribution in [0.3, 0.4) is 0 Å². The van der Waals surface area contributed by atoms with E-state index in [2.05, 4.69) is 25.0 Å². The molecule has 0 fully saturated rings. The molecular weight excluding hydrogens is 570 g/mol. The van der Waals surface area contributed by atoms with Gasteiger partial charge in [-0.25, -0.2) is 21.8 Å². The first-order valence-electron chi connectivity index (χ1n) is 12.6. The van der Waals surface area contributed by atoms with Crippen LogP contribution in [0, 0.1) is 0 Å². The maximum atomic E-state index is 13.5. The molecule has 0 bridgehead atoms. The van der Waals surface area contributed by atoms with Gasteiger partial charge in [-0.2, -0.15) is 4.98 Å². The van der Waals surface area contributed by atoms with Gasteiger partial charge < -0.3 is 9.73 Å². The minimum Gasteiger partial charge on any atom is -0.432 e. The Labute approximate surface area is 235 Å². The Morgan fingerprint density at radius 1 is 1.05 bits per heavy atom. The number of amidine groups is 1. The number of ketones is 1. The first-order chi connectivity index (χ1) is 19.6. The lowest BCUT2D eigenvalue weighted by molar-refractivity contribution is -0.122. The number of nitrogens with one attached hydrogen (secondary N) is 2. The van der Waals surface area contributed by atoms with E-state index in [4.69, 9.17) is 4.42 Å². The van der Waals surface area contributed by atoms with E-state index in [9.17, 15) is 26.4 Å². The summed E-state index contributed by atoms with van der Waals surface area (Å²) in [5.41, 5.74) is 0.789. The fraction of sp³-hybridized carbons (Fsp3) is 0.222. The number of Topliss-reactive ketones (excluding diaryl/α,β-unsaturated/α-hetero) is 1. The van der Waals surface area contributed by atoms with Crippen molar-refractivity contribution in [1.29, 1.82) is 0 Å². The van der Waals surface area contributed by atoms with E-state index in [-0.39, 0.29) is 45.6 Å². The molecule has 12 nitrogen and oxygen atoms in total. The molecule has 0 aliphatic carbocycles. The SMILES string of the molecule is CC[C@H](NC(=O)[C@H](CCS(=O)(=O)c1ccccc1)N=C1NS(=O)(=O)c2ccccc21)C(=O)c1nc2ncccc2o1. The molecule has 2 aromatic carbocycles. The number of benzene rings is 2. The van der Waals surface area contributed by atoms with Crippen molar-refractivity contribution in [3.05, 3.63) is 84.4 Å². The van der Waals surface area contributed by atoms with Crippen molar-refractivity contribution in [1.82, 2.24) is 20.0 Å². The number of aromatic nitrogens is 2. The average molecular weight is 596 g/mol.